The first-order valence-corrected chi connectivity index (χ1v) is 11.4. The van der Waals surface area contributed by atoms with Crippen LogP contribution >= 0.6 is 0 Å². The van der Waals surface area contributed by atoms with Crippen molar-refractivity contribution in [2.45, 2.75) is 96.8 Å². The van der Waals surface area contributed by atoms with E-state index in [9.17, 15) is 5.11 Å². The Morgan fingerprint density at radius 3 is 1.89 bits per heavy atom. The molecule has 0 aromatic heterocycles. The van der Waals surface area contributed by atoms with Crippen molar-refractivity contribution in [2.24, 2.45) is 0 Å². The van der Waals surface area contributed by atoms with Gasteiger partial charge < -0.3 is 5.11 Å². The fraction of sp³-hybridized carbons (Fsp3) is 0.556. The number of phenolic OH excluding ortho intramolecular Hbond substituents is 1. The van der Waals surface area contributed by atoms with E-state index in [1.54, 1.807) is 0 Å². The zero-order valence-electron chi connectivity index (χ0n) is 18.3. The highest BCUT2D eigenvalue weighted by Crippen LogP contribution is 2.37. The summed E-state index contributed by atoms with van der Waals surface area (Å²) in [6.45, 7) is 6.67. The van der Waals surface area contributed by atoms with Gasteiger partial charge in [0.15, 0.2) is 0 Å². The smallest absolute Gasteiger partial charge is 0.119 e. The van der Waals surface area contributed by atoms with Crippen LogP contribution in [0.4, 0.5) is 0 Å². The molecule has 0 bridgehead atoms. The third-order valence-corrected chi connectivity index (χ3v) is 6.05. The summed E-state index contributed by atoms with van der Waals surface area (Å²) in [5.41, 5.74) is 3.42. The second kappa shape index (κ2) is 11.9. The summed E-state index contributed by atoms with van der Waals surface area (Å²) in [7, 11) is 0. The van der Waals surface area contributed by atoms with E-state index in [4.69, 9.17) is 0 Å². The van der Waals surface area contributed by atoms with E-state index in [2.05, 4.69) is 57.2 Å². The molecule has 2 aromatic rings. The van der Waals surface area contributed by atoms with Crippen LogP contribution in [0.5, 0.6) is 5.75 Å². The van der Waals surface area contributed by atoms with Crippen LogP contribution in [0.15, 0.2) is 48.5 Å². The van der Waals surface area contributed by atoms with Crippen LogP contribution in [0.25, 0.3) is 0 Å². The van der Waals surface area contributed by atoms with Gasteiger partial charge in [-0.1, -0.05) is 121 Å². The Labute approximate surface area is 173 Å². The van der Waals surface area contributed by atoms with Crippen molar-refractivity contribution in [1.29, 1.82) is 0 Å². The van der Waals surface area contributed by atoms with Gasteiger partial charge >= 0.3 is 0 Å². The van der Waals surface area contributed by atoms with E-state index in [1.807, 2.05) is 12.1 Å². The van der Waals surface area contributed by atoms with Gasteiger partial charge in [-0.2, -0.15) is 0 Å². The summed E-state index contributed by atoms with van der Waals surface area (Å²) >= 11 is 0. The highest BCUT2D eigenvalue weighted by atomic mass is 16.3. The maximum Gasteiger partial charge on any atom is 0.119 e. The molecule has 0 radical (unpaired) electrons. The molecule has 2 rings (SSSR count). The van der Waals surface area contributed by atoms with Crippen molar-refractivity contribution in [3.05, 3.63) is 65.2 Å². The molecule has 0 unspecified atom stereocenters. The number of unbranched alkanes of at least 4 members (excludes halogenated alkanes) is 9. The lowest BCUT2D eigenvalue weighted by atomic mass is 9.77. The maximum absolute atomic E-state index is 10.5. The number of benzene rings is 2. The van der Waals surface area contributed by atoms with Crippen molar-refractivity contribution in [3.8, 4) is 5.75 Å². The standard InChI is InChI=1S/C27H40O/c1-4-5-6-7-8-9-10-11-12-14-17-23-20-21-26(28)25(22-23)27(2,3)24-18-15-13-16-19-24/h13,15-16,18-22,28H,4-12,14,17H2,1-3H3. The van der Waals surface area contributed by atoms with Crippen LogP contribution < -0.4 is 0 Å². The highest BCUT2D eigenvalue weighted by molar-refractivity contribution is 5.47. The van der Waals surface area contributed by atoms with Crippen LogP contribution in [0, 0.1) is 0 Å². The lowest BCUT2D eigenvalue weighted by Gasteiger charge is -2.27. The SMILES string of the molecule is CCCCCCCCCCCCc1ccc(O)c(C(C)(C)c2ccccc2)c1. The zero-order valence-corrected chi connectivity index (χ0v) is 18.3. The van der Waals surface area contributed by atoms with E-state index in [0.29, 0.717) is 5.75 Å². The molecule has 1 N–H and O–H groups in total. The number of aryl methyl sites for hydroxylation is 1. The van der Waals surface area contributed by atoms with Gasteiger partial charge in [-0.15, -0.1) is 0 Å². The minimum Gasteiger partial charge on any atom is -0.508 e. The van der Waals surface area contributed by atoms with Gasteiger partial charge in [0.25, 0.3) is 0 Å². The number of phenols is 1. The summed E-state index contributed by atoms with van der Waals surface area (Å²) in [6.07, 6.45) is 14.8. The van der Waals surface area contributed by atoms with Crippen LogP contribution in [-0.4, -0.2) is 5.11 Å². The van der Waals surface area contributed by atoms with Crippen LogP contribution in [-0.2, 0) is 11.8 Å². The predicted octanol–water partition coefficient (Wildman–Crippen LogP) is 8.18. The molecule has 0 aliphatic carbocycles. The maximum atomic E-state index is 10.5. The predicted molar refractivity (Wildman–Crippen MR) is 122 cm³/mol. The van der Waals surface area contributed by atoms with E-state index in [1.165, 1.54) is 75.3 Å². The molecule has 0 aliphatic heterocycles. The molecule has 1 heteroatoms. The quantitative estimate of drug-likeness (QED) is 0.347. The van der Waals surface area contributed by atoms with Crippen LogP contribution in [0.3, 0.4) is 0 Å². The molecular weight excluding hydrogens is 340 g/mol. The molecule has 0 fully saturated rings. The summed E-state index contributed by atoms with van der Waals surface area (Å²) in [5, 5.41) is 10.5. The Hall–Kier alpha value is -1.76. The number of hydrogen-bond donors (Lipinski definition) is 1. The number of hydrogen-bond acceptors (Lipinski definition) is 1. The average Bonchev–Trinajstić information content (AvgIpc) is 2.71. The first-order chi connectivity index (χ1) is 13.6. The Kier molecular flexibility index (Phi) is 9.61. The van der Waals surface area contributed by atoms with Crippen LogP contribution in [0.1, 0.15) is 102 Å². The molecule has 0 spiro atoms. The molecular formula is C27H40O. The molecule has 1 nitrogen and oxygen atoms in total. The zero-order chi connectivity index (χ0) is 20.2. The van der Waals surface area contributed by atoms with Gasteiger partial charge in [-0.25, -0.2) is 0 Å². The van der Waals surface area contributed by atoms with E-state index in [0.717, 1.165) is 12.0 Å². The number of aromatic hydroxyl groups is 1. The van der Waals surface area contributed by atoms with Gasteiger partial charge in [0.1, 0.15) is 5.75 Å². The fourth-order valence-corrected chi connectivity index (χ4v) is 4.07. The van der Waals surface area contributed by atoms with Gasteiger partial charge in [-0.3, -0.25) is 0 Å². The molecule has 0 aliphatic rings. The average molecular weight is 381 g/mol. The first-order valence-electron chi connectivity index (χ1n) is 11.4. The van der Waals surface area contributed by atoms with E-state index < -0.39 is 0 Å². The van der Waals surface area contributed by atoms with Crippen molar-refractivity contribution < 1.29 is 5.11 Å². The highest BCUT2D eigenvalue weighted by Gasteiger charge is 2.26. The topological polar surface area (TPSA) is 20.2 Å². The van der Waals surface area contributed by atoms with Gasteiger partial charge in [0.05, 0.1) is 0 Å². The normalized spacial score (nSPS) is 11.7. The Morgan fingerprint density at radius 1 is 0.714 bits per heavy atom. The third kappa shape index (κ3) is 7.00. The lowest BCUT2D eigenvalue weighted by Crippen LogP contribution is -2.19. The Balaban J connectivity index is 1.79. The summed E-state index contributed by atoms with van der Waals surface area (Å²) in [5.74, 6) is 0.403. The molecule has 154 valence electrons. The lowest BCUT2D eigenvalue weighted by molar-refractivity contribution is 0.452. The summed E-state index contributed by atoms with van der Waals surface area (Å²) in [4.78, 5) is 0. The molecule has 28 heavy (non-hydrogen) atoms. The van der Waals surface area contributed by atoms with Crippen molar-refractivity contribution in [3.63, 3.8) is 0 Å². The molecule has 0 saturated heterocycles. The van der Waals surface area contributed by atoms with Crippen molar-refractivity contribution in [2.75, 3.05) is 0 Å². The Bertz CT molecular complexity index is 672. The van der Waals surface area contributed by atoms with Gasteiger partial charge in [0, 0.05) is 11.0 Å². The molecule has 0 atom stereocenters. The van der Waals surface area contributed by atoms with Gasteiger partial charge in [-0.05, 0) is 30.0 Å². The molecule has 2 aromatic carbocycles. The molecule has 0 amide bonds. The van der Waals surface area contributed by atoms with E-state index in [-0.39, 0.29) is 5.41 Å². The second-order valence-corrected chi connectivity index (χ2v) is 8.77. The molecule has 0 saturated carbocycles. The minimum atomic E-state index is -0.195. The summed E-state index contributed by atoms with van der Waals surface area (Å²) in [6, 6.07) is 16.7. The van der Waals surface area contributed by atoms with Gasteiger partial charge in [0.2, 0.25) is 0 Å². The minimum absolute atomic E-state index is 0.195. The van der Waals surface area contributed by atoms with E-state index >= 15 is 0 Å². The monoisotopic (exact) mass is 380 g/mol. The van der Waals surface area contributed by atoms with Crippen LogP contribution in [0.2, 0.25) is 0 Å². The van der Waals surface area contributed by atoms with Crippen molar-refractivity contribution in [1.82, 2.24) is 0 Å². The van der Waals surface area contributed by atoms with Crippen molar-refractivity contribution >= 4 is 0 Å². The second-order valence-electron chi connectivity index (χ2n) is 8.77. The fourth-order valence-electron chi connectivity index (χ4n) is 4.07. The third-order valence-electron chi connectivity index (χ3n) is 6.05. The first kappa shape index (κ1) is 22.5. The number of rotatable bonds is 13. The molecule has 0 heterocycles. The largest absolute Gasteiger partial charge is 0.508 e. The summed E-state index contributed by atoms with van der Waals surface area (Å²) < 4.78 is 0. The Morgan fingerprint density at radius 2 is 1.29 bits per heavy atom.